The third-order valence-electron chi connectivity index (χ3n) is 5.33. The van der Waals surface area contributed by atoms with Crippen LogP contribution >= 0.6 is 0 Å². The first-order valence-electron chi connectivity index (χ1n) is 10.8. The van der Waals surface area contributed by atoms with Gasteiger partial charge in [0.25, 0.3) is 0 Å². The van der Waals surface area contributed by atoms with E-state index in [0.717, 1.165) is 46.5 Å². The van der Waals surface area contributed by atoms with Gasteiger partial charge in [-0.05, 0) is 44.5 Å². The van der Waals surface area contributed by atoms with Gasteiger partial charge in [-0.3, -0.25) is 9.67 Å². The molecule has 2 N–H and O–H groups in total. The minimum atomic E-state index is 0.590. The molecule has 0 amide bonds. The molecule has 0 saturated heterocycles. The molecule has 3 rings (SSSR count). The molecule has 0 aliphatic heterocycles. The second-order valence-electron chi connectivity index (χ2n) is 7.67. The molecule has 0 bridgehead atoms. The van der Waals surface area contributed by atoms with E-state index in [4.69, 9.17) is 9.47 Å². The van der Waals surface area contributed by atoms with Crippen LogP contribution in [0.4, 0.5) is 0 Å². The van der Waals surface area contributed by atoms with Gasteiger partial charge in [-0.15, -0.1) is 0 Å². The van der Waals surface area contributed by atoms with E-state index in [1.807, 2.05) is 41.9 Å². The zero-order valence-corrected chi connectivity index (χ0v) is 19.6. The van der Waals surface area contributed by atoms with E-state index in [0.29, 0.717) is 19.7 Å². The zero-order chi connectivity index (χ0) is 22.9. The van der Waals surface area contributed by atoms with Gasteiger partial charge in [0.1, 0.15) is 11.5 Å². The predicted octanol–water partition coefficient (Wildman–Crippen LogP) is 4.11. The fraction of sp³-hybridized carbons (Fsp3) is 0.360. The molecule has 0 atom stereocenters. The number of aromatic nitrogens is 2. The minimum absolute atomic E-state index is 0.590. The van der Waals surface area contributed by atoms with E-state index in [2.05, 4.69) is 52.8 Å². The fourth-order valence-electron chi connectivity index (χ4n) is 3.48. The van der Waals surface area contributed by atoms with Crippen LogP contribution in [0.3, 0.4) is 0 Å². The van der Waals surface area contributed by atoms with Gasteiger partial charge < -0.3 is 20.1 Å². The van der Waals surface area contributed by atoms with E-state index in [9.17, 15) is 0 Å². The Morgan fingerprint density at radius 1 is 1.03 bits per heavy atom. The molecule has 170 valence electrons. The number of ether oxygens (including phenoxy) is 2. The number of hydrogen-bond donors (Lipinski definition) is 2. The Morgan fingerprint density at radius 3 is 2.50 bits per heavy atom. The molecule has 7 nitrogen and oxygen atoms in total. The number of guanidine groups is 1. The standard InChI is InChI=1S/C25H33N5O2/c1-18-11-12-21(24(15-18)32-22-9-7-6-8-10-22)16-27-25(26-4)28-17-23-19(2)29-30(20(23)3)13-14-31-5/h6-12,15H,13-14,16-17H2,1-5H3,(H2,26,27,28). The Labute approximate surface area is 190 Å². The van der Waals surface area contributed by atoms with Crippen molar-refractivity contribution in [3.63, 3.8) is 0 Å². The van der Waals surface area contributed by atoms with E-state index in [1.54, 1.807) is 14.2 Å². The van der Waals surface area contributed by atoms with Gasteiger partial charge in [-0.1, -0.05) is 30.3 Å². The molecular formula is C25H33N5O2. The summed E-state index contributed by atoms with van der Waals surface area (Å²) in [4.78, 5) is 4.37. The molecule has 32 heavy (non-hydrogen) atoms. The minimum Gasteiger partial charge on any atom is -0.457 e. The number of rotatable bonds is 9. The molecule has 0 fully saturated rings. The Morgan fingerprint density at radius 2 is 1.78 bits per heavy atom. The lowest BCUT2D eigenvalue weighted by Crippen LogP contribution is -2.36. The van der Waals surface area contributed by atoms with Gasteiger partial charge in [0, 0.05) is 44.1 Å². The Bertz CT molecular complexity index is 1040. The average Bonchev–Trinajstić information content (AvgIpc) is 3.06. The van der Waals surface area contributed by atoms with Crippen LogP contribution in [0, 0.1) is 20.8 Å². The van der Waals surface area contributed by atoms with Crippen LogP contribution in [0.5, 0.6) is 11.5 Å². The quantitative estimate of drug-likeness (QED) is 0.391. The molecule has 3 aromatic rings. The van der Waals surface area contributed by atoms with E-state index in [1.165, 1.54) is 5.56 Å². The SMILES string of the molecule is CN=C(NCc1ccc(C)cc1Oc1ccccc1)NCc1c(C)nn(CCOC)c1C. The number of methoxy groups -OCH3 is 1. The van der Waals surface area contributed by atoms with E-state index < -0.39 is 0 Å². The lowest BCUT2D eigenvalue weighted by molar-refractivity contribution is 0.182. The molecular weight excluding hydrogens is 402 g/mol. The summed E-state index contributed by atoms with van der Waals surface area (Å²) in [5.41, 5.74) is 5.53. The maximum atomic E-state index is 6.13. The van der Waals surface area contributed by atoms with Crippen LogP contribution in [0.2, 0.25) is 0 Å². The summed E-state index contributed by atoms with van der Waals surface area (Å²) in [5.74, 6) is 2.38. The van der Waals surface area contributed by atoms with Gasteiger partial charge in [0.15, 0.2) is 5.96 Å². The predicted molar refractivity (Wildman–Crippen MR) is 128 cm³/mol. The van der Waals surface area contributed by atoms with Crippen molar-refractivity contribution < 1.29 is 9.47 Å². The van der Waals surface area contributed by atoms with Gasteiger partial charge in [-0.25, -0.2) is 0 Å². The summed E-state index contributed by atoms with van der Waals surface area (Å²) >= 11 is 0. The van der Waals surface area contributed by atoms with Crippen LogP contribution in [-0.2, 0) is 24.4 Å². The maximum absolute atomic E-state index is 6.13. The molecule has 1 heterocycles. The van der Waals surface area contributed by atoms with Crippen LogP contribution < -0.4 is 15.4 Å². The molecule has 2 aromatic carbocycles. The number of aryl methyl sites for hydroxylation is 2. The van der Waals surface area contributed by atoms with Gasteiger partial charge in [-0.2, -0.15) is 5.10 Å². The lowest BCUT2D eigenvalue weighted by Gasteiger charge is -2.15. The third kappa shape index (κ3) is 6.11. The summed E-state index contributed by atoms with van der Waals surface area (Å²) in [6.07, 6.45) is 0. The maximum Gasteiger partial charge on any atom is 0.191 e. The van der Waals surface area contributed by atoms with Gasteiger partial charge >= 0.3 is 0 Å². The van der Waals surface area contributed by atoms with Crippen LogP contribution in [-0.4, -0.2) is 36.5 Å². The third-order valence-corrected chi connectivity index (χ3v) is 5.33. The van der Waals surface area contributed by atoms with Crippen molar-refractivity contribution in [2.75, 3.05) is 20.8 Å². The molecule has 0 spiro atoms. The first-order valence-corrected chi connectivity index (χ1v) is 10.8. The number of benzene rings is 2. The first-order chi connectivity index (χ1) is 15.5. The average molecular weight is 436 g/mol. The van der Waals surface area contributed by atoms with Gasteiger partial charge in [0.05, 0.1) is 18.8 Å². The molecule has 0 radical (unpaired) electrons. The molecule has 0 saturated carbocycles. The number of hydrogen-bond acceptors (Lipinski definition) is 4. The highest BCUT2D eigenvalue weighted by molar-refractivity contribution is 5.79. The number of para-hydroxylation sites is 1. The molecule has 1 aromatic heterocycles. The van der Waals surface area contributed by atoms with Crippen molar-refractivity contribution >= 4 is 5.96 Å². The van der Waals surface area contributed by atoms with Crippen LogP contribution in [0.1, 0.15) is 28.1 Å². The largest absolute Gasteiger partial charge is 0.457 e. The van der Waals surface area contributed by atoms with E-state index in [-0.39, 0.29) is 0 Å². The summed E-state index contributed by atoms with van der Waals surface area (Å²) < 4.78 is 13.3. The second-order valence-corrected chi connectivity index (χ2v) is 7.67. The summed E-state index contributed by atoms with van der Waals surface area (Å²) in [5, 5.41) is 11.4. The van der Waals surface area contributed by atoms with Crippen LogP contribution in [0.25, 0.3) is 0 Å². The molecule has 0 aliphatic rings. The number of nitrogens with zero attached hydrogens (tertiary/aromatic N) is 3. The van der Waals surface area contributed by atoms with E-state index >= 15 is 0 Å². The highest BCUT2D eigenvalue weighted by atomic mass is 16.5. The molecule has 0 unspecified atom stereocenters. The van der Waals surface area contributed by atoms with Gasteiger partial charge in [0.2, 0.25) is 0 Å². The monoisotopic (exact) mass is 435 g/mol. The zero-order valence-electron chi connectivity index (χ0n) is 19.6. The molecule has 0 aliphatic carbocycles. The Kier molecular flexibility index (Phi) is 8.27. The summed E-state index contributed by atoms with van der Waals surface area (Å²) in [7, 11) is 3.47. The summed E-state index contributed by atoms with van der Waals surface area (Å²) in [6, 6.07) is 16.1. The lowest BCUT2D eigenvalue weighted by atomic mass is 10.1. The summed E-state index contributed by atoms with van der Waals surface area (Å²) in [6.45, 7) is 8.80. The fourth-order valence-corrected chi connectivity index (χ4v) is 3.48. The second kappa shape index (κ2) is 11.3. The number of aliphatic imine (C=N–C) groups is 1. The van der Waals surface area contributed by atoms with Crippen molar-refractivity contribution in [2.24, 2.45) is 4.99 Å². The molecule has 7 heteroatoms. The highest BCUT2D eigenvalue weighted by Crippen LogP contribution is 2.26. The normalized spacial score (nSPS) is 11.5. The van der Waals surface area contributed by atoms with Crippen LogP contribution in [0.15, 0.2) is 53.5 Å². The smallest absolute Gasteiger partial charge is 0.191 e. The topological polar surface area (TPSA) is 72.7 Å². The number of nitrogens with one attached hydrogen (secondary N) is 2. The van der Waals surface area contributed by atoms with Crippen molar-refractivity contribution in [1.29, 1.82) is 0 Å². The van der Waals surface area contributed by atoms with Crippen molar-refractivity contribution in [2.45, 2.75) is 40.4 Å². The Hall–Kier alpha value is -3.32. The Balaban J connectivity index is 1.64. The van der Waals surface area contributed by atoms with Crippen molar-refractivity contribution in [1.82, 2.24) is 20.4 Å². The highest BCUT2D eigenvalue weighted by Gasteiger charge is 2.12. The van der Waals surface area contributed by atoms with Crippen molar-refractivity contribution in [3.05, 3.63) is 76.6 Å². The first kappa shape index (κ1) is 23.3. The van der Waals surface area contributed by atoms with Crippen molar-refractivity contribution in [3.8, 4) is 11.5 Å².